The number of methoxy groups -OCH3 is 1. The molecule has 0 radical (unpaired) electrons. The van der Waals surface area contributed by atoms with E-state index < -0.39 is 30.2 Å². The molecule has 3 aromatic carbocycles. The van der Waals surface area contributed by atoms with E-state index in [1.54, 1.807) is 24.3 Å². The van der Waals surface area contributed by atoms with Gasteiger partial charge in [-0.05, 0) is 60.2 Å². The maximum atomic E-state index is 13.0. The first-order chi connectivity index (χ1) is 17.4. The van der Waals surface area contributed by atoms with Gasteiger partial charge in [-0.2, -0.15) is 5.26 Å². The number of ether oxygens (including phenoxy) is 3. The van der Waals surface area contributed by atoms with Crippen LogP contribution in [0.25, 0.3) is 0 Å². The predicted molar refractivity (Wildman–Crippen MR) is 128 cm³/mol. The molecule has 2 amide bonds. The molecule has 2 N–H and O–H groups in total. The number of hydrogen-bond acceptors (Lipinski definition) is 7. The van der Waals surface area contributed by atoms with E-state index >= 15 is 0 Å². The van der Waals surface area contributed by atoms with E-state index in [-0.39, 0.29) is 30.1 Å². The van der Waals surface area contributed by atoms with Gasteiger partial charge in [0.2, 0.25) is 0 Å². The fourth-order valence-electron chi connectivity index (χ4n) is 3.00. The molecule has 0 aromatic heterocycles. The summed E-state index contributed by atoms with van der Waals surface area (Å²) in [4.78, 5) is 36.5. The van der Waals surface area contributed by atoms with Gasteiger partial charge in [0.25, 0.3) is 11.8 Å². The molecule has 9 nitrogen and oxygen atoms in total. The summed E-state index contributed by atoms with van der Waals surface area (Å²) in [7, 11) is 1.37. The third-order valence-electron chi connectivity index (χ3n) is 4.74. The normalized spacial score (nSPS) is 10.0. The zero-order chi connectivity index (χ0) is 25.9. The molecule has 184 valence electrons. The summed E-state index contributed by atoms with van der Waals surface area (Å²) in [5.74, 6) is -1.79. The zero-order valence-corrected chi connectivity index (χ0v) is 19.2. The smallest absolute Gasteiger partial charge is 0.338 e. The SMILES string of the molecule is COc1cc(C(=O)OCC(=O)Nc2ccc(CC#N)cc2)ccc1OCC(=O)Nc1ccc(F)cc1. The summed E-state index contributed by atoms with van der Waals surface area (Å²) >= 11 is 0. The summed E-state index contributed by atoms with van der Waals surface area (Å²) in [6.45, 7) is -0.863. The van der Waals surface area contributed by atoms with Crippen LogP contribution >= 0.6 is 0 Å². The van der Waals surface area contributed by atoms with E-state index in [0.29, 0.717) is 11.4 Å². The Morgan fingerprint density at radius 3 is 2.08 bits per heavy atom. The number of nitriles is 1. The van der Waals surface area contributed by atoms with Crippen LogP contribution in [0.1, 0.15) is 15.9 Å². The first kappa shape index (κ1) is 25.7. The van der Waals surface area contributed by atoms with Gasteiger partial charge in [-0.1, -0.05) is 12.1 Å². The van der Waals surface area contributed by atoms with E-state index in [2.05, 4.69) is 10.6 Å². The van der Waals surface area contributed by atoms with Crippen LogP contribution in [0.5, 0.6) is 11.5 Å². The minimum absolute atomic E-state index is 0.114. The predicted octanol–water partition coefficient (Wildman–Crippen LogP) is 3.71. The van der Waals surface area contributed by atoms with Gasteiger partial charge in [-0.25, -0.2) is 9.18 Å². The molecule has 0 unspecified atom stereocenters. The lowest BCUT2D eigenvalue weighted by Gasteiger charge is -2.12. The van der Waals surface area contributed by atoms with Crippen molar-refractivity contribution in [3.63, 3.8) is 0 Å². The standard InChI is InChI=1S/C26H22FN3O6/c1-34-23-14-18(4-11-22(23)35-15-24(31)30-21-9-5-19(27)6-10-21)26(33)36-16-25(32)29-20-7-2-17(3-8-20)12-13-28/h2-11,14H,12,15-16H2,1H3,(H,29,32)(H,30,31). The van der Waals surface area contributed by atoms with Crippen molar-refractivity contribution >= 4 is 29.2 Å². The van der Waals surface area contributed by atoms with Crippen LogP contribution in [0.4, 0.5) is 15.8 Å². The number of amides is 2. The number of esters is 1. The monoisotopic (exact) mass is 491 g/mol. The molecule has 3 rings (SSSR count). The molecule has 0 heterocycles. The Hall–Kier alpha value is -4.91. The Kier molecular flexibility index (Phi) is 8.94. The minimum Gasteiger partial charge on any atom is -0.493 e. The summed E-state index contributed by atoms with van der Waals surface area (Å²) < 4.78 is 28.7. The highest BCUT2D eigenvalue weighted by Gasteiger charge is 2.15. The first-order valence-electron chi connectivity index (χ1n) is 10.7. The average Bonchev–Trinajstić information content (AvgIpc) is 2.88. The molecule has 0 spiro atoms. The third kappa shape index (κ3) is 7.56. The minimum atomic E-state index is -0.756. The Morgan fingerprint density at radius 1 is 0.861 bits per heavy atom. The van der Waals surface area contributed by atoms with Crippen molar-refractivity contribution < 1.29 is 33.0 Å². The molecule has 0 saturated heterocycles. The highest BCUT2D eigenvalue weighted by atomic mass is 19.1. The number of rotatable bonds is 10. The van der Waals surface area contributed by atoms with Gasteiger partial charge in [0.05, 0.1) is 25.2 Å². The number of halogens is 1. The Morgan fingerprint density at radius 2 is 1.47 bits per heavy atom. The van der Waals surface area contributed by atoms with Crippen molar-refractivity contribution in [2.75, 3.05) is 31.0 Å². The van der Waals surface area contributed by atoms with Gasteiger partial charge in [0.15, 0.2) is 24.7 Å². The Labute approximate surface area is 206 Å². The van der Waals surface area contributed by atoms with Crippen LogP contribution < -0.4 is 20.1 Å². The fourth-order valence-corrected chi connectivity index (χ4v) is 3.00. The maximum absolute atomic E-state index is 13.0. The number of nitrogens with zero attached hydrogens (tertiary/aromatic N) is 1. The van der Waals surface area contributed by atoms with Crippen molar-refractivity contribution in [2.45, 2.75) is 6.42 Å². The van der Waals surface area contributed by atoms with Crippen molar-refractivity contribution in [3.8, 4) is 17.6 Å². The van der Waals surface area contributed by atoms with Gasteiger partial charge in [0.1, 0.15) is 5.82 Å². The van der Waals surface area contributed by atoms with Crippen LogP contribution in [0.3, 0.4) is 0 Å². The zero-order valence-electron chi connectivity index (χ0n) is 19.2. The van der Waals surface area contributed by atoms with Gasteiger partial charge in [-0.15, -0.1) is 0 Å². The summed E-state index contributed by atoms with van der Waals surface area (Å²) in [6.07, 6.45) is 0.266. The first-order valence-corrected chi connectivity index (χ1v) is 10.7. The lowest BCUT2D eigenvalue weighted by Crippen LogP contribution is -2.21. The Bertz CT molecular complexity index is 1270. The van der Waals surface area contributed by atoms with E-state index in [1.165, 1.54) is 49.6 Å². The number of carbonyl (C=O) groups excluding carboxylic acids is 3. The van der Waals surface area contributed by atoms with Crippen molar-refractivity contribution in [1.82, 2.24) is 0 Å². The quantitative estimate of drug-likeness (QED) is 0.414. The molecule has 0 fully saturated rings. The highest BCUT2D eigenvalue weighted by Crippen LogP contribution is 2.28. The van der Waals surface area contributed by atoms with Crippen LogP contribution in [-0.2, 0) is 20.7 Å². The lowest BCUT2D eigenvalue weighted by molar-refractivity contribution is -0.119. The molecule has 10 heteroatoms. The van der Waals surface area contributed by atoms with E-state index in [4.69, 9.17) is 19.5 Å². The molecule has 0 aliphatic rings. The largest absolute Gasteiger partial charge is 0.493 e. The van der Waals surface area contributed by atoms with Gasteiger partial charge in [0, 0.05) is 11.4 Å². The van der Waals surface area contributed by atoms with Gasteiger partial charge >= 0.3 is 5.97 Å². The van der Waals surface area contributed by atoms with Crippen molar-refractivity contribution in [3.05, 3.63) is 83.7 Å². The Balaban J connectivity index is 1.50. The molecule has 0 aliphatic carbocycles. The highest BCUT2D eigenvalue weighted by molar-refractivity contribution is 5.96. The van der Waals surface area contributed by atoms with Crippen LogP contribution in [0, 0.1) is 17.1 Å². The van der Waals surface area contributed by atoms with Crippen LogP contribution in [-0.4, -0.2) is 38.1 Å². The van der Waals surface area contributed by atoms with E-state index in [0.717, 1.165) is 5.56 Å². The molecule has 36 heavy (non-hydrogen) atoms. The fraction of sp³-hybridized carbons (Fsp3) is 0.154. The van der Waals surface area contributed by atoms with E-state index in [1.807, 2.05) is 6.07 Å². The van der Waals surface area contributed by atoms with Crippen molar-refractivity contribution in [2.24, 2.45) is 0 Å². The molecular formula is C26H22FN3O6. The average molecular weight is 491 g/mol. The van der Waals surface area contributed by atoms with Crippen LogP contribution in [0.15, 0.2) is 66.7 Å². The summed E-state index contributed by atoms with van der Waals surface area (Å²) in [5.41, 5.74) is 1.85. The number of hydrogen-bond donors (Lipinski definition) is 2. The second-order valence-corrected chi connectivity index (χ2v) is 7.37. The summed E-state index contributed by atoms with van der Waals surface area (Å²) in [5, 5.41) is 13.9. The lowest BCUT2D eigenvalue weighted by atomic mass is 10.1. The molecular weight excluding hydrogens is 469 g/mol. The number of anilines is 2. The molecule has 0 bridgehead atoms. The van der Waals surface area contributed by atoms with Gasteiger partial charge in [-0.3, -0.25) is 9.59 Å². The molecule has 0 atom stereocenters. The number of benzene rings is 3. The number of nitrogens with one attached hydrogen (secondary N) is 2. The molecule has 0 aliphatic heterocycles. The second-order valence-electron chi connectivity index (χ2n) is 7.37. The number of carbonyl (C=O) groups is 3. The summed E-state index contributed by atoms with van der Waals surface area (Å²) in [6, 6.07) is 18.2. The van der Waals surface area contributed by atoms with Crippen LogP contribution in [0.2, 0.25) is 0 Å². The molecule has 0 saturated carbocycles. The topological polar surface area (TPSA) is 127 Å². The van der Waals surface area contributed by atoms with E-state index in [9.17, 15) is 18.8 Å². The molecule has 3 aromatic rings. The maximum Gasteiger partial charge on any atom is 0.338 e. The second kappa shape index (κ2) is 12.5. The van der Waals surface area contributed by atoms with Crippen molar-refractivity contribution in [1.29, 1.82) is 5.26 Å². The van der Waals surface area contributed by atoms with Gasteiger partial charge < -0.3 is 24.8 Å². The third-order valence-corrected chi connectivity index (χ3v) is 4.74.